The molecule has 1 aromatic carbocycles. The fraction of sp³-hybridized carbons (Fsp3) is 0.400. The van der Waals surface area contributed by atoms with Crippen molar-refractivity contribution in [3.63, 3.8) is 0 Å². The number of ether oxygens (including phenoxy) is 3. The molecule has 9 heteroatoms. The first-order valence-electron chi connectivity index (χ1n) is 9.47. The molecule has 0 saturated heterocycles. The van der Waals surface area contributed by atoms with E-state index in [1.165, 1.54) is 23.3 Å². The lowest BCUT2D eigenvalue weighted by Crippen LogP contribution is -2.35. The average molecular weight is 432 g/mol. The Hall–Kier alpha value is -2.36. The van der Waals surface area contributed by atoms with E-state index < -0.39 is 0 Å². The third kappa shape index (κ3) is 3.23. The van der Waals surface area contributed by atoms with E-state index in [2.05, 4.69) is 29.0 Å². The van der Waals surface area contributed by atoms with Crippen LogP contribution < -0.4 is 14.8 Å². The zero-order valence-electron chi connectivity index (χ0n) is 16.4. The van der Waals surface area contributed by atoms with Crippen molar-refractivity contribution < 1.29 is 19.0 Å². The molecule has 1 N–H and O–H groups in total. The summed E-state index contributed by atoms with van der Waals surface area (Å²) in [5.41, 5.74) is 2.58. The van der Waals surface area contributed by atoms with E-state index in [0.717, 1.165) is 51.2 Å². The number of carbonyl (C=O) groups excluding carboxylic acids is 1. The maximum absolute atomic E-state index is 12.6. The van der Waals surface area contributed by atoms with Crippen molar-refractivity contribution in [1.29, 1.82) is 0 Å². The van der Waals surface area contributed by atoms with Crippen molar-refractivity contribution in [1.82, 2.24) is 9.88 Å². The second kappa shape index (κ2) is 7.16. The fourth-order valence-electron chi connectivity index (χ4n) is 3.74. The lowest BCUT2D eigenvalue weighted by atomic mass is 10.0. The summed E-state index contributed by atoms with van der Waals surface area (Å²) < 4.78 is 17.0. The van der Waals surface area contributed by atoms with Gasteiger partial charge in [-0.15, -0.1) is 11.3 Å². The summed E-state index contributed by atoms with van der Waals surface area (Å²) >= 11 is 3.14. The van der Waals surface area contributed by atoms with Gasteiger partial charge in [0.2, 0.25) is 6.79 Å². The van der Waals surface area contributed by atoms with Crippen LogP contribution in [-0.4, -0.2) is 42.3 Å². The van der Waals surface area contributed by atoms with Gasteiger partial charge in [0, 0.05) is 36.1 Å². The normalized spacial score (nSPS) is 15.7. The number of hydrogen-bond donors (Lipinski definition) is 1. The zero-order valence-corrected chi connectivity index (χ0v) is 18.0. The van der Waals surface area contributed by atoms with Crippen LogP contribution in [0, 0.1) is 0 Å². The lowest BCUT2D eigenvalue weighted by molar-refractivity contribution is 0.0600. The molecule has 2 aliphatic heterocycles. The first kappa shape index (κ1) is 18.7. The topological polar surface area (TPSA) is 72.9 Å². The quantitative estimate of drug-likeness (QED) is 0.615. The van der Waals surface area contributed by atoms with Crippen LogP contribution in [0.4, 0.5) is 10.1 Å². The number of carbonyl (C=O) groups is 1. The Morgan fingerprint density at radius 2 is 2.07 bits per heavy atom. The molecule has 2 aromatic heterocycles. The van der Waals surface area contributed by atoms with Crippen LogP contribution in [-0.2, 0) is 17.7 Å². The van der Waals surface area contributed by atoms with E-state index >= 15 is 0 Å². The summed E-state index contributed by atoms with van der Waals surface area (Å²) in [6, 6.07) is 4.31. The van der Waals surface area contributed by atoms with Gasteiger partial charge in [-0.05, 0) is 25.8 Å². The van der Waals surface area contributed by atoms with Gasteiger partial charge < -0.3 is 19.5 Å². The number of thiophene rings is 1. The van der Waals surface area contributed by atoms with E-state index in [1.54, 1.807) is 11.3 Å². The molecule has 5 rings (SSSR count). The number of aromatic nitrogens is 1. The maximum atomic E-state index is 12.6. The number of methoxy groups -OCH3 is 1. The largest absolute Gasteiger partial charge is 0.465 e. The fourth-order valence-corrected chi connectivity index (χ4v) is 5.94. The minimum absolute atomic E-state index is 0.244. The Balaban J connectivity index is 1.51. The Kier molecular flexibility index (Phi) is 4.60. The van der Waals surface area contributed by atoms with Gasteiger partial charge in [-0.3, -0.25) is 4.90 Å². The standard InChI is InChI=1S/C20H21N3O4S2/c1-10(2)23-5-4-11-16(8-23)28-18(17(11)19(24)25-3)22-20-21-12-6-13-14(27-9-26-13)7-15(12)29-20/h6-7,10H,4-5,8-9H2,1-3H3,(H,21,22). The Morgan fingerprint density at radius 3 is 2.83 bits per heavy atom. The number of rotatable bonds is 4. The highest BCUT2D eigenvalue weighted by Crippen LogP contribution is 2.42. The van der Waals surface area contributed by atoms with Crippen LogP contribution in [0.2, 0.25) is 0 Å². The van der Waals surface area contributed by atoms with E-state index in [1.807, 2.05) is 12.1 Å². The lowest BCUT2D eigenvalue weighted by Gasteiger charge is -2.30. The molecule has 0 radical (unpaired) electrons. The molecule has 4 heterocycles. The van der Waals surface area contributed by atoms with Crippen molar-refractivity contribution in [3.05, 3.63) is 28.1 Å². The molecule has 0 unspecified atom stereocenters. The average Bonchev–Trinajstić information content (AvgIpc) is 3.40. The number of benzene rings is 1. The maximum Gasteiger partial charge on any atom is 0.341 e. The van der Waals surface area contributed by atoms with Crippen molar-refractivity contribution in [3.8, 4) is 11.5 Å². The molecule has 7 nitrogen and oxygen atoms in total. The minimum Gasteiger partial charge on any atom is -0.465 e. The Bertz CT molecular complexity index is 1060. The molecule has 0 amide bonds. The van der Waals surface area contributed by atoms with Gasteiger partial charge in [-0.25, -0.2) is 9.78 Å². The minimum atomic E-state index is -0.301. The molecule has 0 aliphatic carbocycles. The predicted molar refractivity (Wildman–Crippen MR) is 114 cm³/mol. The van der Waals surface area contributed by atoms with Crippen molar-refractivity contribution in [2.45, 2.75) is 32.9 Å². The summed E-state index contributed by atoms with van der Waals surface area (Å²) in [6.45, 7) is 6.44. The highest BCUT2D eigenvalue weighted by Gasteiger charge is 2.30. The van der Waals surface area contributed by atoms with E-state index in [9.17, 15) is 4.79 Å². The molecule has 0 spiro atoms. The van der Waals surface area contributed by atoms with Crippen molar-refractivity contribution >= 4 is 49.0 Å². The van der Waals surface area contributed by atoms with Crippen LogP contribution in [0.3, 0.4) is 0 Å². The van der Waals surface area contributed by atoms with Crippen LogP contribution in [0.15, 0.2) is 12.1 Å². The first-order chi connectivity index (χ1) is 14.0. The summed E-state index contributed by atoms with van der Waals surface area (Å²) in [5, 5.41) is 4.91. The van der Waals surface area contributed by atoms with Gasteiger partial charge in [0.1, 0.15) is 5.00 Å². The number of fused-ring (bicyclic) bond motifs is 3. The van der Waals surface area contributed by atoms with Gasteiger partial charge in [0.15, 0.2) is 16.6 Å². The SMILES string of the molecule is COC(=O)c1c(Nc2nc3cc4c(cc3s2)OCO4)sc2c1CCN(C(C)C)C2. The van der Waals surface area contributed by atoms with Crippen molar-refractivity contribution in [2.24, 2.45) is 0 Å². The molecular weight excluding hydrogens is 410 g/mol. The number of thiazole rings is 1. The van der Waals surface area contributed by atoms with Crippen LogP contribution in [0.5, 0.6) is 11.5 Å². The van der Waals surface area contributed by atoms with Crippen LogP contribution in [0.25, 0.3) is 10.2 Å². The zero-order chi connectivity index (χ0) is 20.1. The van der Waals surface area contributed by atoms with Gasteiger partial charge >= 0.3 is 5.97 Å². The van der Waals surface area contributed by atoms with Crippen molar-refractivity contribution in [2.75, 3.05) is 25.8 Å². The predicted octanol–water partition coefficient (Wildman–Crippen LogP) is 4.38. The van der Waals surface area contributed by atoms with Crippen LogP contribution >= 0.6 is 22.7 Å². The number of nitrogens with one attached hydrogen (secondary N) is 1. The highest BCUT2D eigenvalue weighted by molar-refractivity contribution is 7.23. The number of nitrogens with zero attached hydrogens (tertiary/aromatic N) is 2. The molecule has 29 heavy (non-hydrogen) atoms. The second-order valence-corrected chi connectivity index (χ2v) is 9.47. The summed E-state index contributed by atoms with van der Waals surface area (Å²) in [7, 11) is 1.43. The van der Waals surface area contributed by atoms with Gasteiger partial charge in [0.05, 0.1) is 22.9 Å². The van der Waals surface area contributed by atoms with E-state index in [0.29, 0.717) is 17.4 Å². The number of anilines is 2. The Morgan fingerprint density at radius 1 is 1.28 bits per heavy atom. The molecule has 152 valence electrons. The van der Waals surface area contributed by atoms with Crippen LogP contribution in [0.1, 0.15) is 34.6 Å². The molecule has 0 saturated carbocycles. The van der Waals surface area contributed by atoms with Gasteiger partial charge in [-0.1, -0.05) is 11.3 Å². The number of hydrogen-bond acceptors (Lipinski definition) is 9. The molecule has 0 bridgehead atoms. The Labute approximate surface area is 176 Å². The summed E-state index contributed by atoms with van der Waals surface area (Å²) in [6.07, 6.45) is 0.845. The monoisotopic (exact) mass is 431 g/mol. The molecule has 0 fully saturated rings. The summed E-state index contributed by atoms with van der Waals surface area (Å²) in [5.74, 6) is 1.15. The second-order valence-electron chi connectivity index (χ2n) is 7.33. The van der Waals surface area contributed by atoms with E-state index in [-0.39, 0.29) is 12.8 Å². The number of esters is 1. The molecular formula is C20H21N3O4S2. The highest BCUT2D eigenvalue weighted by atomic mass is 32.1. The first-order valence-corrected chi connectivity index (χ1v) is 11.1. The smallest absolute Gasteiger partial charge is 0.341 e. The third-order valence-electron chi connectivity index (χ3n) is 5.31. The molecule has 2 aliphatic rings. The van der Waals surface area contributed by atoms with Gasteiger partial charge in [0.25, 0.3) is 0 Å². The van der Waals surface area contributed by atoms with Gasteiger partial charge in [-0.2, -0.15) is 0 Å². The van der Waals surface area contributed by atoms with E-state index in [4.69, 9.17) is 14.2 Å². The summed E-state index contributed by atoms with van der Waals surface area (Å²) in [4.78, 5) is 20.9. The molecule has 0 atom stereocenters. The third-order valence-corrected chi connectivity index (χ3v) is 7.38. The molecule has 3 aromatic rings.